The average Bonchev–Trinajstić information content (AvgIpc) is 3.02. The Kier molecular flexibility index (Phi) is 6.06. The molecule has 0 aliphatic carbocycles. The van der Waals surface area contributed by atoms with Gasteiger partial charge in [-0.05, 0) is 48.4 Å². The van der Waals surface area contributed by atoms with E-state index >= 15 is 0 Å². The van der Waals surface area contributed by atoms with E-state index in [-0.39, 0.29) is 22.9 Å². The third kappa shape index (κ3) is 4.47. The van der Waals surface area contributed by atoms with Gasteiger partial charge in [0.25, 0.3) is 5.91 Å². The summed E-state index contributed by atoms with van der Waals surface area (Å²) in [6, 6.07) is 19.6. The first-order valence-corrected chi connectivity index (χ1v) is 10.6. The van der Waals surface area contributed by atoms with Crippen molar-refractivity contribution in [3.05, 3.63) is 87.4 Å². The van der Waals surface area contributed by atoms with Gasteiger partial charge in [-0.1, -0.05) is 57.9 Å². The number of phenols is 1. The number of aromatic nitrogens is 1. The lowest BCUT2D eigenvalue weighted by atomic mass is 10.1. The number of phenolic OH excluding ortho intramolecular Hbond substituents is 1. The van der Waals surface area contributed by atoms with Crippen LogP contribution in [0.25, 0.3) is 10.9 Å². The molecule has 0 aliphatic rings. The van der Waals surface area contributed by atoms with E-state index in [1.54, 1.807) is 4.57 Å². The fourth-order valence-corrected chi connectivity index (χ4v) is 3.87. The zero-order valence-electron chi connectivity index (χ0n) is 16.2. The van der Waals surface area contributed by atoms with Gasteiger partial charge in [-0.15, -0.1) is 10.2 Å². The molecule has 6 nitrogen and oxygen atoms in total. The van der Waals surface area contributed by atoms with Gasteiger partial charge in [-0.2, -0.15) is 0 Å². The molecule has 0 saturated heterocycles. The molecule has 0 atom stereocenters. The van der Waals surface area contributed by atoms with E-state index in [1.807, 2.05) is 48.5 Å². The zero-order valence-corrected chi connectivity index (χ0v) is 18.5. The highest BCUT2D eigenvalue weighted by atomic mass is 79.9. The summed E-state index contributed by atoms with van der Waals surface area (Å²) in [7, 11) is 0. The van der Waals surface area contributed by atoms with Gasteiger partial charge in [0, 0.05) is 21.4 Å². The smallest absolute Gasteiger partial charge is 0.299 e. The second-order valence-electron chi connectivity index (χ2n) is 6.89. The van der Waals surface area contributed by atoms with Gasteiger partial charge in [0.1, 0.15) is 5.75 Å². The number of hydrogen-bond acceptors (Lipinski definition) is 4. The fourth-order valence-electron chi connectivity index (χ4n) is 3.34. The quantitative estimate of drug-likeness (QED) is 0.303. The van der Waals surface area contributed by atoms with E-state index < -0.39 is 5.91 Å². The maximum absolute atomic E-state index is 12.4. The molecule has 4 rings (SSSR count). The van der Waals surface area contributed by atoms with Gasteiger partial charge in [-0.3, -0.25) is 4.79 Å². The summed E-state index contributed by atoms with van der Waals surface area (Å²) in [6.45, 7) is 0.520. The van der Waals surface area contributed by atoms with Crippen LogP contribution < -0.4 is 0 Å². The van der Waals surface area contributed by atoms with Crippen LogP contribution in [0.3, 0.4) is 0 Å². The number of aromatic hydroxyl groups is 2. The number of amides is 1. The van der Waals surface area contributed by atoms with Crippen molar-refractivity contribution in [2.75, 3.05) is 0 Å². The number of carbonyl (C=O) groups is 1. The van der Waals surface area contributed by atoms with Gasteiger partial charge in [0.2, 0.25) is 5.88 Å². The Labute approximate surface area is 191 Å². The molecule has 0 saturated carbocycles. The number of carbonyl (C=O) groups excluding carboxylic acids is 1. The molecule has 0 unspecified atom stereocenters. The maximum Gasteiger partial charge on any atom is 0.299 e. The second kappa shape index (κ2) is 8.91. The van der Waals surface area contributed by atoms with Crippen LogP contribution >= 0.6 is 27.5 Å². The molecular formula is C23H17BrClN3O3. The number of rotatable bonds is 5. The molecule has 0 fully saturated rings. The summed E-state index contributed by atoms with van der Waals surface area (Å²) in [5.41, 5.74) is 2.02. The number of aryl methyl sites for hydroxylation is 2. The summed E-state index contributed by atoms with van der Waals surface area (Å²) in [6.07, 6.45) is 0.708. The van der Waals surface area contributed by atoms with Crippen molar-refractivity contribution in [3.63, 3.8) is 0 Å². The highest BCUT2D eigenvalue weighted by Gasteiger charge is 2.18. The molecule has 4 aromatic rings. The predicted octanol–water partition coefficient (Wildman–Crippen LogP) is 6.64. The Bertz CT molecular complexity index is 1300. The van der Waals surface area contributed by atoms with Crippen LogP contribution in [0.4, 0.5) is 5.69 Å². The number of fused-ring (bicyclic) bond motifs is 1. The first kappa shape index (κ1) is 21.1. The molecule has 31 heavy (non-hydrogen) atoms. The average molecular weight is 499 g/mol. The van der Waals surface area contributed by atoms with Crippen molar-refractivity contribution in [2.24, 2.45) is 10.2 Å². The summed E-state index contributed by atoms with van der Waals surface area (Å²) in [5.74, 6) is -1.10. The van der Waals surface area contributed by atoms with Crippen molar-refractivity contribution in [1.82, 2.24) is 4.57 Å². The largest absolute Gasteiger partial charge is 0.507 e. The van der Waals surface area contributed by atoms with Crippen LogP contribution in [0.15, 0.2) is 81.4 Å². The normalized spacial score (nSPS) is 11.4. The minimum Gasteiger partial charge on any atom is -0.507 e. The topological polar surface area (TPSA) is 87.2 Å². The Hall–Kier alpha value is -3.16. The minimum absolute atomic E-state index is 0.0651. The van der Waals surface area contributed by atoms with Crippen molar-refractivity contribution in [2.45, 2.75) is 13.0 Å². The first-order valence-electron chi connectivity index (χ1n) is 9.43. The van der Waals surface area contributed by atoms with E-state index in [0.717, 1.165) is 15.6 Å². The molecule has 0 bridgehead atoms. The number of hydrogen-bond donors (Lipinski definition) is 2. The third-order valence-corrected chi connectivity index (χ3v) is 5.60. The first-order chi connectivity index (χ1) is 14.9. The molecule has 1 aromatic heterocycles. The molecule has 2 N–H and O–H groups in total. The summed E-state index contributed by atoms with van der Waals surface area (Å²) in [4.78, 5) is 12.4. The van der Waals surface area contributed by atoms with Crippen molar-refractivity contribution < 1.29 is 15.0 Å². The van der Waals surface area contributed by atoms with Crippen molar-refractivity contribution >= 4 is 50.0 Å². The van der Waals surface area contributed by atoms with Gasteiger partial charge < -0.3 is 14.8 Å². The minimum atomic E-state index is -0.764. The molecule has 0 aliphatic heterocycles. The predicted molar refractivity (Wildman–Crippen MR) is 123 cm³/mol. The fraction of sp³-hybridized carbons (Fsp3) is 0.0870. The maximum atomic E-state index is 12.4. The summed E-state index contributed by atoms with van der Waals surface area (Å²) in [5, 5.41) is 29.5. The highest BCUT2D eigenvalue weighted by Crippen LogP contribution is 2.40. The SMILES string of the molecule is O=C(N=Nc1c(O)n(CCc2ccccc2)c2ccc(Br)cc12)c1cc(Cl)ccc1O. The van der Waals surface area contributed by atoms with Crippen LogP contribution in [0.1, 0.15) is 15.9 Å². The Morgan fingerprint density at radius 2 is 1.81 bits per heavy atom. The number of azo groups is 1. The lowest BCUT2D eigenvalue weighted by Gasteiger charge is -2.07. The molecule has 8 heteroatoms. The zero-order chi connectivity index (χ0) is 22.0. The number of nitrogens with zero attached hydrogens (tertiary/aromatic N) is 3. The van der Waals surface area contributed by atoms with E-state index in [1.165, 1.54) is 18.2 Å². The Balaban J connectivity index is 1.71. The van der Waals surface area contributed by atoms with Gasteiger partial charge in [-0.25, -0.2) is 0 Å². The van der Waals surface area contributed by atoms with Crippen molar-refractivity contribution in [3.8, 4) is 11.6 Å². The van der Waals surface area contributed by atoms with Crippen LogP contribution in [-0.2, 0) is 13.0 Å². The monoisotopic (exact) mass is 497 g/mol. The summed E-state index contributed by atoms with van der Waals surface area (Å²) >= 11 is 9.34. The molecule has 1 amide bonds. The number of benzene rings is 3. The van der Waals surface area contributed by atoms with Gasteiger partial charge >= 0.3 is 0 Å². The molecule has 156 valence electrons. The lowest BCUT2D eigenvalue weighted by molar-refractivity contribution is 0.0992. The van der Waals surface area contributed by atoms with Gasteiger partial charge in [0.05, 0.1) is 11.1 Å². The van der Waals surface area contributed by atoms with Crippen LogP contribution in [0.5, 0.6) is 11.6 Å². The van der Waals surface area contributed by atoms with E-state index in [9.17, 15) is 15.0 Å². The lowest BCUT2D eigenvalue weighted by Crippen LogP contribution is -2.00. The van der Waals surface area contributed by atoms with E-state index in [4.69, 9.17) is 11.6 Å². The molecular weight excluding hydrogens is 482 g/mol. The van der Waals surface area contributed by atoms with Crippen LogP contribution in [0.2, 0.25) is 5.02 Å². The molecule has 0 radical (unpaired) electrons. The van der Waals surface area contributed by atoms with Gasteiger partial charge in [0.15, 0.2) is 5.69 Å². The standard InChI is InChI=1S/C23H17BrClN3O3/c24-15-6-8-19-17(12-15)21(23(31)28(19)11-10-14-4-2-1-3-5-14)26-27-22(30)18-13-16(25)7-9-20(18)29/h1-9,12-13,29,31H,10-11H2. The molecule has 3 aromatic carbocycles. The molecule has 0 spiro atoms. The Morgan fingerprint density at radius 1 is 1.03 bits per heavy atom. The van der Waals surface area contributed by atoms with E-state index in [2.05, 4.69) is 26.2 Å². The molecule has 1 heterocycles. The van der Waals surface area contributed by atoms with Crippen LogP contribution in [0, 0.1) is 0 Å². The number of halogens is 2. The van der Waals surface area contributed by atoms with E-state index in [0.29, 0.717) is 23.4 Å². The Morgan fingerprint density at radius 3 is 2.58 bits per heavy atom. The van der Waals surface area contributed by atoms with Crippen molar-refractivity contribution in [1.29, 1.82) is 0 Å². The summed E-state index contributed by atoms with van der Waals surface area (Å²) < 4.78 is 2.54. The van der Waals surface area contributed by atoms with Crippen LogP contribution in [-0.4, -0.2) is 20.7 Å². The second-order valence-corrected chi connectivity index (χ2v) is 8.24. The highest BCUT2D eigenvalue weighted by molar-refractivity contribution is 9.10. The third-order valence-electron chi connectivity index (χ3n) is 4.87.